The number of fused-ring (bicyclic) bond motifs is 1. The molecule has 17 heavy (non-hydrogen) atoms. The van der Waals surface area contributed by atoms with E-state index in [-0.39, 0.29) is 0 Å². The largest absolute Gasteiger partial charge is 0.358 e. The number of hydrogen-bond acceptors (Lipinski definition) is 0. The molecular formula is C16H21N. The van der Waals surface area contributed by atoms with Gasteiger partial charge in [0.1, 0.15) is 0 Å². The van der Waals surface area contributed by atoms with Gasteiger partial charge in [0.15, 0.2) is 0 Å². The van der Waals surface area contributed by atoms with Gasteiger partial charge in [-0.05, 0) is 42.7 Å². The molecule has 0 aliphatic carbocycles. The summed E-state index contributed by atoms with van der Waals surface area (Å²) in [6.45, 7) is 4.47. The van der Waals surface area contributed by atoms with Crippen molar-refractivity contribution in [1.29, 1.82) is 0 Å². The molecule has 1 aromatic heterocycles. The Kier molecular flexibility index (Phi) is 4.03. The van der Waals surface area contributed by atoms with Crippen molar-refractivity contribution in [3.8, 4) is 0 Å². The minimum absolute atomic E-state index is 0.601. The van der Waals surface area contributed by atoms with Gasteiger partial charge in [-0.2, -0.15) is 0 Å². The fraction of sp³-hybridized carbons (Fsp3) is 0.375. The van der Waals surface area contributed by atoms with Gasteiger partial charge in [0.05, 0.1) is 0 Å². The molecule has 0 aliphatic heterocycles. The third-order valence-corrected chi connectivity index (χ3v) is 3.25. The minimum atomic E-state index is 0.601. The molecule has 2 aromatic rings. The molecule has 0 fully saturated rings. The number of H-pyrrole nitrogens is 1. The summed E-state index contributed by atoms with van der Waals surface area (Å²) in [4.78, 5) is 3.51. The first-order valence-electron chi connectivity index (χ1n) is 6.54. The Morgan fingerprint density at radius 3 is 2.82 bits per heavy atom. The molecule has 1 aromatic carbocycles. The molecular weight excluding hydrogens is 206 g/mol. The molecule has 0 spiro atoms. The van der Waals surface area contributed by atoms with Crippen molar-refractivity contribution in [2.75, 3.05) is 0 Å². The summed E-state index contributed by atoms with van der Waals surface area (Å²) in [6, 6.07) is 10.8. The van der Waals surface area contributed by atoms with Crippen molar-refractivity contribution < 1.29 is 0 Å². The Bertz CT molecular complexity index is 460. The maximum atomic E-state index is 3.51. The van der Waals surface area contributed by atoms with Gasteiger partial charge in [0.25, 0.3) is 0 Å². The lowest BCUT2D eigenvalue weighted by atomic mass is 10.0. The number of benzene rings is 1. The van der Waals surface area contributed by atoms with Gasteiger partial charge in [-0.15, -0.1) is 0 Å². The zero-order valence-corrected chi connectivity index (χ0v) is 10.7. The third-order valence-electron chi connectivity index (χ3n) is 3.25. The molecule has 0 saturated heterocycles. The predicted molar refractivity (Wildman–Crippen MR) is 75.4 cm³/mol. The standard InChI is InChI=1S/C16H21N/c1-3-4-5-6-9-13(2)16-12-14-10-7-8-11-15(14)17-16/h4-5,7-8,10-13,17H,3,6,9H2,1-2H3. The van der Waals surface area contributed by atoms with Gasteiger partial charge in [0.2, 0.25) is 0 Å². The molecule has 2 rings (SSSR count). The van der Waals surface area contributed by atoms with Crippen LogP contribution in [0.4, 0.5) is 0 Å². The zero-order valence-electron chi connectivity index (χ0n) is 10.7. The highest BCUT2D eigenvalue weighted by molar-refractivity contribution is 5.80. The molecule has 1 unspecified atom stereocenters. The van der Waals surface area contributed by atoms with Crippen LogP contribution < -0.4 is 0 Å². The van der Waals surface area contributed by atoms with E-state index in [1.165, 1.54) is 29.4 Å². The summed E-state index contributed by atoms with van der Waals surface area (Å²) in [7, 11) is 0. The fourth-order valence-corrected chi connectivity index (χ4v) is 2.15. The van der Waals surface area contributed by atoms with Crippen molar-refractivity contribution in [3.63, 3.8) is 0 Å². The van der Waals surface area contributed by atoms with Crippen LogP contribution in [0.5, 0.6) is 0 Å². The Morgan fingerprint density at radius 2 is 2.06 bits per heavy atom. The average molecular weight is 227 g/mol. The second-order valence-corrected chi connectivity index (χ2v) is 4.67. The maximum absolute atomic E-state index is 3.51. The van der Waals surface area contributed by atoms with Gasteiger partial charge in [-0.1, -0.05) is 44.2 Å². The molecule has 1 heterocycles. The number of aromatic amines is 1. The lowest BCUT2D eigenvalue weighted by Gasteiger charge is -2.07. The summed E-state index contributed by atoms with van der Waals surface area (Å²) >= 11 is 0. The lowest BCUT2D eigenvalue weighted by molar-refractivity contribution is 0.675. The van der Waals surface area contributed by atoms with E-state index >= 15 is 0 Å². The first-order chi connectivity index (χ1) is 8.31. The highest BCUT2D eigenvalue weighted by Gasteiger charge is 2.07. The number of rotatable bonds is 5. The number of nitrogens with one attached hydrogen (secondary N) is 1. The second-order valence-electron chi connectivity index (χ2n) is 4.67. The van der Waals surface area contributed by atoms with Crippen LogP contribution in [0.25, 0.3) is 10.9 Å². The first-order valence-corrected chi connectivity index (χ1v) is 6.54. The summed E-state index contributed by atoms with van der Waals surface area (Å²) < 4.78 is 0. The Balaban J connectivity index is 2.03. The topological polar surface area (TPSA) is 15.8 Å². The van der Waals surface area contributed by atoms with E-state index in [2.05, 4.69) is 61.3 Å². The van der Waals surface area contributed by atoms with Crippen LogP contribution in [0.15, 0.2) is 42.5 Å². The van der Waals surface area contributed by atoms with Crippen molar-refractivity contribution in [3.05, 3.63) is 48.2 Å². The minimum Gasteiger partial charge on any atom is -0.358 e. The molecule has 0 amide bonds. The van der Waals surface area contributed by atoms with Crippen LogP contribution in [-0.4, -0.2) is 4.98 Å². The van der Waals surface area contributed by atoms with E-state index in [1.54, 1.807) is 0 Å². The fourth-order valence-electron chi connectivity index (χ4n) is 2.15. The van der Waals surface area contributed by atoms with E-state index < -0.39 is 0 Å². The van der Waals surface area contributed by atoms with Crippen molar-refractivity contribution >= 4 is 10.9 Å². The Morgan fingerprint density at radius 1 is 1.24 bits per heavy atom. The maximum Gasteiger partial charge on any atom is 0.0456 e. The predicted octanol–water partition coefficient (Wildman–Crippen LogP) is 5.02. The van der Waals surface area contributed by atoms with Gasteiger partial charge in [0, 0.05) is 11.2 Å². The summed E-state index contributed by atoms with van der Waals surface area (Å²) in [6.07, 6.45) is 8.06. The molecule has 1 heteroatoms. The lowest BCUT2D eigenvalue weighted by Crippen LogP contribution is -1.92. The molecule has 0 aliphatic rings. The van der Waals surface area contributed by atoms with Crippen LogP contribution in [0, 0.1) is 0 Å². The van der Waals surface area contributed by atoms with E-state index in [0.717, 1.165) is 6.42 Å². The van der Waals surface area contributed by atoms with Crippen LogP contribution in [0.3, 0.4) is 0 Å². The number of aromatic nitrogens is 1. The monoisotopic (exact) mass is 227 g/mol. The first kappa shape index (κ1) is 12.0. The van der Waals surface area contributed by atoms with Gasteiger partial charge in [-0.25, -0.2) is 0 Å². The van der Waals surface area contributed by atoms with Crippen LogP contribution in [0.2, 0.25) is 0 Å². The van der Waals surface area contributed by atoms with Gasteiger partial charge < -0.3 is 4.98 Å². The van der Waals surface area contributed by atoms with Crippen LogP contribution in [0.1, 0.15) is 44.7 Å². The Labute approximate surface area is 104 Å². The molecule has 1 nitrogen and oxygen atoms in total. The average Bonchev–Trinajstić information content (AvgIpc) is 2.78. The van der Waals surface area contributed by atoms with E-state index in [4.69, 9.17) is 0 Å². The van der Waals surface area contributed by atoms with Gasteiger partial charge in [-0.3, -0.25) is 0 Å². The van der Waals surface area contributed by atoms with E-state index in [9.17, 15) is 0 Å². The van der Waals surface area contributed by atoms with Crippen molar-refractivity contribution in [2.24, 2.45) is 0 Å². The molecule has 0 bridgehead atoms. The quantitative estimate of drug-likeness (QED) is 0.690. The molecule has 1 atom stereocenters. The molecule has 90 valence electrons. The summed E-state index contributed by atoms with van der Waals surface area (Å²) in [5.41, 5.74) is 2.61. The highest BCUT2D eigenvalue weighted by Crippen LogP contribution is 2.24. The van der Waals surface area contributed by atoms with E-state index in [0.29, 0.717) is 5.92 Å². The van der Waals surface area contributed by atoms with Crippen molar-refractivity contribution in [1.82, 2.24) is 4.98 Å². The smallest absolute Gasteiger partial charge is 0.0456 e. The van der Waals surface area contributed by atoms with Crippen molar-refractivity contribution in [2.45, 2.75) is 39.0 Å². The molecule has 1 N–H and O–H groups in total. The second kappa shape index (κ2) is 5.72. The number of para-hydroxylation sites is 1. The number of hydrogen-bond donors (Lipinski definition) is 1. The zero-order chi connectivity index (χ0) is 12.1. The normalized spacial score (nSPS) is 13.5. The SMILES string of the molecule is CCC=CCCC(C)c1cc2ccccc2[nH]1. The summed E-state index contributed by atoms with van der Waals surface area (Å²) in [5, 5.41) is 1.32. The molecule has 0 saturated carbocycles. The number of allylic oxidation sites excluding steroid dienone is 2. The van der Waals surface area contributed by atoms with Gasteiger partial charge >= 0.3 is 0 Å². The third kappa shape index (κ3) is 3.00. The van der Waals surface area contributed by atoms with Crippen LogP contribution in [-0.2, 0) is 0 Å². The van der Waals surface area contributed by atoms with Crippen LogP contribution >= 0.6 is 0 Å². The highest BCUT2D eigenvalue weighted by atomic mass is 14.7. The summed E-state index contributed by atoms with van der Waals surface area (Å²) in [5.74, 6) is 0.601. The molecule has 0 radical (unpaired) electrons. The Hall–Kier alpha value is -1.50. The van der Waals surface area contributed by atoms with E-state index in [1.807, 2.05) is 0 Å².